The molecule has 0 aliphatic rings. The molecule has 3 rings (SSSR count). The van der Waals surface area contributed by atoms with E-state index in [-0.39, 0.29) is 31.1 Å². The molecular formula is C18H16N4O3. The van der Waals surface area contributed by atoms with Crippen LogP contribution >= 0.6 is 0 Å². The number of hydrogen-bond donors (Lipinski definition) is 1. The molecule has 0 radical (unpaired) electrons. The third-order valence-corrected chi connectivity index (χ3v) is 3.49. The summed E-state index contributed by atoms with van der Waals surface area (Å²) in [5.74, 6) is 0.339. The number of carbonyl (C=O) groups is 2. The molecule has 7 heteroatoms. The highest BCUT2D eigenvalue weighted by molar-refractivity contribution is 5.97. The summed E-state index contributed by atoms with van der Waals surface area (Å²) >= 11 is 0. The van der Waals surface area contributed by atoms with Crippen LogP contribution in [-0.2, 0) is 11.3 Å². The maximum Gasteiger partial charge on any atom is 0.247 e. The van der Waals surface area contributed by atoms with Crippen LogP contribution in [0.2, 0.25) is 0 Å². The van der Waals surface area contributed by atoms with Crippen LogP contribution in [-0.4, -0.2) is 26.9 Å². The van der Waals surface area contributed by atoms with Crippen LogP contribution in [0.1, 0.15) is 29.1 Å². The van der Waals surface area contributed by atoms with Crippen molar-refractivity contribution in [1.82, 2.24) is 20.5 Å². The SMILES string of the molecule is O=C(CCC(=O)c1cccnc1)NCc1nnc(-c2ccccc2)o1. The highest BCUT2D eigenvalue weighted by Crippen LogP contribution is 2.16. The number of benzene rings is 1. The van der Waals surface area contributed by atoms with Crippen LogP contribution in [0.4, 0.5) is 0 Å². The number of rotatable bonds is 7. The zero-order valence-corrected chi connectivity index (χ0v) is 13.4. The van der Waals surface area contributed by atoms with E-state index < -0.39 is 0 Å². The molecule has 2 heterocycles. The molecule has 0 aliphatic heterocycles. The molecule has 7 nitrogen and oxygen atoms in total. The van der Waals surface area contributed by atoms with Gasteiger partial charge in [-0.05, 0) is 24.3 Å². The Morgan fingerprint density at radius 3 is 2.60 bits per heavy atom. The fourth-order valence-electron chi connectivity index (χ4n) is 2.18. The second kappa shape index (κ2) is 7.96. The number of pyridine rings is 1. The van der Waals surface area contributed by atoms with E-state index in [0.29, 0.717) is 17.3 Å². The van der Waals surface area contributed by atoms with Crippen molar-refractivity contribution in [3.05, 3.63) is 66.3 Å². The van der Waals surface area contributed by atoms with Gasteiger partial charge in [-0.3, -0.25) is 14.6 Å². The molecule has 0 aliphatic carbocycles. The van der Waals surface area contributed by atoms with E-state index in [4.69, 9.17) is 4.42 Å². The summed E-state index contributed by atoms with van der Waals surface area (Å²) in [5, 5.41) is 10.5. The van der Waals surface area contributed by atoms with Crippen LogP contribution < -0.4 is 5.32 Å². The quantitative estimate of drug-likeness (QED) is 0.665. The maximum absolute atomic E-state index is 11.9. The zero-order valence-electron chi connectivity index (χ0n) is 13.4. The predicted molar refractivity (Wildman–Crippen MR) is 89.4 cm³/mol. The van der Waals surface area contributed by atoms with Gasteiger partial charge in [-0.1, -0.05) is 18.2 Å². The lowest BCUT2D eigenvalue weighted by molar-refractivity contribution is -0.121. The molecule has 0 saturated heterocycles. The van der Waals surface area contributed by atoms with E-state index in [2.05, 4.69) is 20.5 Å². The van der Waals surface area contributed by atoms with Crippen molar-refractivity contribution in [2.45, 2.75) is 19.4 Å². The topological polar surface area (TPSA) is 98.0 Å². The molecular weight excluding hydrogens is 320 g/mol. The molecule has 1 amide bonds. The first-order chi connectivity index (χ1) is 12.2. The molecule has 126 valence electrons. The fraction of sp³-hybridized carbons (Fsp3) is 0.167. The fourth-order valence-corrected chi connectivity index (χ4v) is 2.18. The number of aromatic nitrogens is 3. The summed E-state index contributed by atoms with van der Waals surface area (Å²) in [5.41, 5.74) is 1.31. The van der Waals surface area contributed by atoms with E-state index in [1.54, 1.807) is 18.3 Å². The van der Waals surface area contributed by atoms with Gasteiger partial charge in [0.15, 0.2) is 5.78 Å². The Hall–Kier alpha value is -3.35. The number of nitrogens with zero attached hydrogens (tertiary/aromatic N) is 3. The van der Waals surface area contributed by atoms with Crippen LogP contribution in [0.15, 0.2) is 59.3 Å². The van der Waals surface area contributed by atoms with Crippen LogP contribution in [0, 0.1) is 0 Å². The molecule has 1 N–H and O–H groups in total. The largest absolute Gasteiger partial charge is 0.419 e. The molecule has 2 aromatic heterocycles. The van der Waals surface area contributed by atoms with E-state index >= 15 is 0 Å². The first-order valence-electron chi connectivity index (χ1n) is 7.80. The molecule has 0 fully saturated rings. The summed E-state index contributed by atoms with van der Waals surface area (Å²) in [6.45, 7) is 0.125. The number of hydrogen-bond acceptors (Lipinski definition) is 6. The number of ketones is 1. The van der Waals surface area contributed by atoms with E-state index in [1.165, 1.54) is 6.20 Å². The van der Waals surface area contributed by atoms with Crippen LogP contribution in [0.3, 0.4) is 0 Å². The van der Waals surface area contributed by atoms with Gasteiger partial charge >= 0.3 is 0 Å². The van der Waals surface area contributed by atoms with Crippen molar-refractivity contribution < 1.29 is 14.0 Å². The third kappa shape index (κ3) is 4.57. The first-order valence-corrected chi connectivity index (χ1v) is 7.80. The minimum absolute atomic E-state index is 0.0907. The van der Waals surface area contributed by atoms with Gasteiger partial charge in [-0.15, -0.1) is 10.2 Å². The van der Waals surface area contributed by atoms with Crippen LogP contribution in [0.25, 0.3) is 11.5 Å². The van der Waals surface area contributed by atoms with E-state index in [9.17, 15) is 9.59 Å². The van der Waals surface area contributed by atoms with Crippen molar-refractivity contribution in [2.24, 2.45) is 0 Å². The second-order valence-corrected chi connectivity index (χ2v) is 5.31. The smallest absolute Gasteiger partial charge is 0.247 e. The molecule has 1 aromatic carbocycles. The van der Waals surface area contributed by atoms with Crippen LogP contribution in [0.5, 0.6) is 0 Å². The third-order valence-electron chi connectivity index (χ3n) is 3.49. The molecule has 25 heavy (non-hydrogen) atoms. The highest BCUT2D eigenvalue weighted by atomic mass is 16.4. The summed E-state index contributed by atoms with van der Waals surface area (Å²) in [6, 6.07) is 12.7. The normalized spacial score (nSPS) is 10.4. The predicted octanol–water partition coefficient (Wildman–Crippen LogP) is 2.41. The Balaban J connectivity index is 1.47. The average molecular weight is 336 g/mol. The van der Waals surface area contributed by atoms with Gasteiger partial charge in [-0.25, -0.2) is 0 Å². The van der Waals surface area contributed by atoms with Gasteiger partial charge in [0, 0.05) is 36.4 Å². The summed E-state index contributed by atoms with van der Waals surface area (Å²) in [7, 11) is 0. The summed E-state index contributed by atoms with van der Waals surface area (Å²) in [4.78, 5) is 27.7. The summed E-state index contributed by atoms with van der Waals surface area (Å²) in [6.07, 6.45) is 3.30. The Bertz CT molecular complexity index is 847. The van der Waals surface area contributed by atoms with Crippen molar-refractivity contribution in [1.29, 1.82) is 0 Å². The standard InChI is InChI=1S/C18H16N4O3/c23-15(14-7-4-10-19-11-14)8-9-16(24)20-12-17-21-22-18(25-17)13-5-2-1-3-6-13/h1-7,10-11H,8-9,12H2,(H,20,24). The maximum atomic E-state index is 11.9. The van der Waals surface area contributed by atoms with Gasteiger partial charge in [0.2, 0.25) is 17.7 Å². The molecule has 0 unspecified atom stereocenters. The minimum Gasteiger partial charge on any atom is -0.419 e. The number of nitrogens with one attached hydrogen (secondary N) is 1. The van der Waals surface area contributed by atoms with Gasteiger partial charge in [-0.2, -0.15) is 0 Å². The molecule has 0 atom stereocenters. The minimum atomic E-state index is -0.253. The monoisotopic (exact) mass is 336 g/mol. The lowest BCUT2D eigenvalue weighted by atomic mass is 10.1. The first kappa shape index (κ1) is 16.5. The van der Waals surface area contributed by atoms with Crippen molar-refractivity contribution >= 4 is 11.7 Å². The Labute approximate surface area is 144 Å². The molecule has 0 saturated carbocycles. The number of carbonyl (C=O) groups excluding carboxylic acids is 2. The van der Waals surface area contributed by atoms with Crippen molar-refractivity contribution in [3.63, 3.8) is 0 Å². The Kier molecular flexibility index (Phi) is 5.26. The molecule has 3 aromatic rings. The van der Waals surface area contributed by atoms with Gasteiger partial charge < -0.3 is 9.73 Å². The van der Waals surface area contributed by atoms with E-state index in [0.717, 1.165) is 5.56 Å². The summed E-state index contributed by atoms with van der Waals surface area (Å²) < 4.78 is 5.50. The second-order valence-electron chi connectivity index (χ2n) is 5.31. The Morgan fingerprint density at radius 2 is 1.84 bits per heavy atom. The number of amides is 1. The van der Waals surface area contributed by atoms with Gasteiger partial charge in [0.05, 0.1) is 6.54 Å². The van der Waals surface area contributed by atoms with E-state index in [1.807, 2.05) is 30.3 Å². The lowest BCUT2D eigenvalue weighted by Gasteiger charge is -2.02. The molecule has 0 bridgehead atoms. The van der Waals surface area contributed by atoms with Crippen molar-refractivity contribution in [2.75, 3.05) is 0 Å². The van der Waals surface area contributed by atoms with Gasteiger partial charge in [0.1, 0.15) is 0 Å². The Morgan fingerprint density at radius 1 is 1.00 bits per heavy atom. The zero-order chi connectivity index (χ0) is 17.5. The lowest BCUT2D eigenvalue weighted by Crippen LogP contribution is -2.23. The highest BCUT2D eigenvalue weighted by Gasteiger charge is 2.12. The average Bonchev–Trinajstić information content (AvgIpc) is 3.15. The molecule has 0 spiro atoms. The number of Topliss-reactive ketones (excluding diaryl/α,β-unsaturated/α-hetero) is 1. The van der Waals surface area contributed by atoms with Gasteiger partial charge in [0.25, 0.3) is 0 Å². The van der Waals surface area contributed by atoms with Crippen molar-refractivity contribution in [3.8, 4) is 11.5 Å².